The van der Waals surface area contributed by atoms with Crippen molar-refractivity contribution in [3.63, 3.8) is 0 Å². The summed E-state index contributed by atoms with van der Waals surface area (Å²) in [5.41, 5.74) is 1.67. The minimum atomic E-state index is -0.422. The van der Waals surface area contributed by atoms with Gasteiger partial charge >= 0.3 is 0 Å². The SMILES string of the molecule is C#CCOc1c(I)cc(CNc2cccc([N+](=O)[O-])c2)cc1OC. The van der Waals surface area contributed by atoms with Gasteiger partial charge < -0.3 is 14.8 Å². The summed E-state index contributed by atoms with van der Waals surface area (Å²) in [5.74, 6) is 3.62. The number of nitro benzene ring substituents is 1. The molecule has 124 valence electrons. The Morgan fingerprint density at radius 1 is 1.38 bits per heavy atom. The van der Waals surface area contributed by atoms with Crippen LogP contribution < -0.4 is 14.8 Å². The highest BCUT2D eigenvalue weighted by Crippen LogP contribution is 2.34. The van der Waals surface area contributed by atoms with E-state index in [0.717, 1.165) is 9.13 Å². The number of rotatable bonds is 7. The van der Waals surface area contributed by atoms with Crippen molar-refractivity contribution in [1.82, 2.24) is 0 Å². The molecule has 0 fully saturated rings. The fourth-order valence-corrected chi connectivity index (χ4v) is 2.88. The van der Waals surface area contributed by atoms with E-state index in [9.17, 15) is 10.1 Å². The minimum absolute atomic E-state index is 0.0465. The number of nitrogens with zero attached hydrogens (tertiary/aromatic N) is 1. The Morgan fingerprint density at radius 3 is 2.83 bits per heavy atom. The number of non-ortho nitro benzene ring substituents is 1. The van der Waals surface area contributed by atoms with E-state index in [4.69, 9.17) is 15.9 Å². The van der Waals surface area contributed by atoms with Gasteiger partial charge in [0.1, 0.15) is 6.61 Å². The van der Waals surface area contributed by atoms with Crippen molar-refractivity contribution < 1.29 is 14.4 Å². The van der Waals surface area contributed by atoms with Crippen LogP contribution in [0.2, 0.25) is 0 Å². The summed E-state index contributed by atoms with van der Waals surface area (Å²) in [6, 6.07) is 10.2. The van der Waals surface area contributed by atoms with Gasteiger partial charge in [0.2, 0.25) is 0 Å². The molecule has 2 aromatic carbocycles. The Hall–Kier alpha value is -2.47. The fourth-order valence-electron chi connectivity index (χ4n) is 2.06. The van der Waals surface area contributed by atoms with Crippen molar-refractivity contribution in [2.75, 3.05) is 19.0 Å². The van der Waals surface area contributed by atoms with Gasteiger partial charge in [-0.1, -0.05) is 12.0 Å². The van der Waals surface area contributed by atoms with Crippen LogP contribution in [-0.4, -0.2) is 18.6 Å². The molecule has 0 saturated heterocycles. The number of benzene rings is 2. The highest BCUT2D eigenvalue weighted by Gasteiger charge is 2.12. The van der Waals surface area contributed by atoms with Gasteiger partial charge in [-0.25, -0.2) is 0 Å². The van der Waals surface area contributed by atoms with Gasteiger partial charge in [-0.2, -0.15) is 0 Å². The van der Waals surface area contributed by atoms with E-state index in [1.807, 2.05) is 12.1 Å². The van der Waals surface area contributed by atoms with Crippen LogP contribution in [0.3, 0.4) is 0 Å². The molecule has 0 aromatic heterocycles. The molecule has 2 rings (SSSR count). The second-order valence-corrected chi connectivity index (χ2v) is 5.93. The lowest BCUT2D eigenvalue weighted by Crippen LogP contribution is -2.03. The standard InChI is InChI=1S/C17H15IN2O4/c1-3-7-24-17-15(18)8-12(9-16(17)23-2)11-19-13-5-4-6-14(10-13)20(21)22/h1,4-6,8-10,19H,7,11H2,2H3. The molecule has 7 heteroatoms. The number of ether oxygens (including phenoxy) is 2. The van der Waals surface area contributed by atoms with Crippen molar-refractivity contribution in [2.24, 2.45) is 0 Å². The molecule has 0 bridgehead atoms. The topological polar surface area (TPSA) is 73.6 Å². The molecule has 0 aliphatic carbocycles. The van der Waals surface area contributed by atoms with Crippen LogP contribution in [0.5, 0.6) is 11.5 Å². The molecule has 0 heterocycles. The molecule has 2 aromatic rings. The third-order valence-electron chi connectivity index (χ3n) is 3.14. The van der Waals surface area contributed by atoms with E-state index in [2.05, 4.69) is 33.8 Å². The Kier molecular flexibility index (Phi) is 6.26. The first-order valence-corrected chi connectivity index (χ1v) is 8.04. The number of halogens is 1. The lowest BCUT2D eigenvalue weighted by molar-refractivity contribution is -0.384. The zero-order chi connectivity index (χ0) is 17.5. The third kappa shape index (κ3) is 4.52. The number of hydrogen-bond acceptors (Lipinski definition) is 5. The van der Waals surface area contributed by atoms with Crippen molar-refractivity contribution in [1.29, 1.82) is 0 Å². The molecule has 0 aliphatic heterocycles. The van der Waals surface area contributed by atoms with Crippen LogP contribution in [0, 0.1) is 26.0 Å². The number of nitro groups is 1. The molecule has 1 N–H and O–H groups in total. The Morgan fingerprint density at radius 2 is 2.17 bits per heavy atom. The molecular formula is C17H15IN2O4. The number of nitrogens with one attached hydrogen (secondary N) is 1. The third-order valence-corrected chi connectivity index (χ3v) is 3.94. The summed E-state index contributed by atoms with van der Waals surface area (Å²) < 4.78 is 11.7. The van der Waals surface area contributed by atoms with Crippen LogP contribution in [0.15, 0.2) is 36.4 Å². The maximum Gasteiger partial charge on any atom is 0.271 e. The van der Waals surface area contributed by atoms with E-state index in [0.29, 0.717) is 23.7 Å². The predicted octanol–water partition coefficient (Wildman–Crippen LogP) is 3.83. The van der Waals surface area contributed by atoms with Crippen molar-refractivity contribution in [3.8, 4) is 23.8 Å². The Balaban J connectivity index is 2.15. The van der Waals surface area contributed by atoms with Gasteiger partial charge in [-0.3, -0.25) is 10.1 Å². The molecule has 0 aliphatic rings. The second kappa shape index (κ2) is 8.40. The average molecular weight is 438 g/mol. The predicted molar refractivity (Wildman–Crippen MR) is 100 cm³/mol. The molecular weight excluding hydrogens is 423 g/mol. The van der Waals surface area contributed by atoms with Crippen LogP contribution >= 0.6 is 22.6 Å². The molecule has 0 saturated carbocycles. The summed E-state index contributed by atoms with van der Waals surface area (Å²) in [7, 11) is 1.56. The fraction of sp³-hybridized carbons (Fsp3) is 0.176. The summed E-state index contributed by atoms with van der Waals surface area (Å²) in [5, 5.41) is 14.0. The van der Waals surface area contributed by atoms with Crippen LogP contribution in [0.25, 0.3) is 0 Å². The quantitative estimate of drug-likeness (QED) is 0.308. The molecule has 0 spiro atoms. The van der Waals surface area contributed by atoms with Crippen LogP contribution in [-0.2, 0) is 6.54 Å². The smallest absolute Gasteiger partial charge is 0.271 e. The first kappa shape index (κ1) is 17.9. The zero-order valence-corrected chi connectivity index (χ0v) is 15.1. The number of hydrogen-bond donors (Lipinski definition) is 1. The van der Waals surface area contributed by atoms with Crippen molar-refractivity contribution >= 4 is 34.0 Å². The molecule has 6 nitrogen and oxygen atoms in total. The second-order valence-electron chi connectivity index (χ2n) is 4.76. The molecule has 0 amide bonds. The summed E-state index contributed by atoms with van der Waals surface area (Å²) in [6.45, 7) is 0.653. The van der Waals surface area contributed by atoms with Gasteiger partial charge in [0.25, 0.3) is 5.69 Å². The minimum Gasteiger partial charge on any atom is -0.493 e. The van der Waals surface area contributed by atoms with E-state index in [-0.39, 0.29) is 12.3 Å². The van der Waals surface area contributed by atoms with E-state index < -0.39 is 4.92 Å². The molecule has 0 unspecified atom stereocenters. The Bertz CT molecular complexity index is 787. The normalized spacial score (nSPS) is 9.88. The number of terminal acetylenes is 1. The van der Waals surface area contributed by atoms with Crippen LogP contribution in [0.1, 0.15) is 5.56 Å². The van der Waals surface area contributed by atoms with Crippen molar-refractivity contribution in [2.45, 2.75) is 6.54 Å². The lowest BCUT2D eigenvalue weighted by Gasteiger charge is -2.14. The maximum atomic E-state index is 10.8. The summed E-state index contributed by atoms with van der Waals surface area (Å²) in [6.07, 6.45) is 5.22. The number of anilines is 1. The molecule has 0 atom stereocenters. The first-order valence-electron chi connectivity index (χ1n) is 6.96. The van der Waals surface area contributed by atoms with Gasteiger partial charge in [0.05, 0.1) is 15.6 Å². The highest BCUT2D eigenvalue weighted by atomic mass is 127. The lowest BCUT2D eigenvalue weighted by atomic mass is 10.2. The highest BCUT2D eigenvalue weighted by molar-refractivity contribution is 14.1. The van der Waals surface area contributed by atoms with E-state index in [1.54, 1.807) is 19.2 Å². The monoisotopic (exact) mass is 438 g/mol. The molecule has 0 radical (unpaired) electrons. The average Bonchev–Trinajstić information content (AvgIpc) is 2.58. The number of methoxy groups -OCH3 is 1. The van der Waals surface area contributed by atoms with E-state index in [1.165, 1.54) is 12.1 Å². The first-order chi connectivity index (χ1) is 11.5. The van der Waals surface area contributed by atoms with Crippen molar-refractivity contribution in [3.05, 3.63) is 55.6 Å². The van der Waals surface area contributed by atoms with Gasteiger partial charge in [0.15, 0.2) is 11.5 Å². The summed E-state index contributed by atoms with van der Waals surface area (Å²) in [4.78, 5) is 10.4. The maximum absolute atomic E-state index is 10.8. The molecule has 24 heavy (non-hydrogen) atoms. The van der Waals surface area contributed by atoms with Gasteiger partial charge in [-0.05, 0) is 46.4 Å². The van der Waals surface area contributed by atoms with Crippen LogP contribution in [0.4, 0.5) is 11.4 Å². The van der Waals surface area contributed by atoms with E-state index >= 15 is 0 Å². The Labute approximate surface area is 153 Å². The summed E-state index contributed by atoms with van der Waals surface area (Å²) >= 11 is 2.15. The van der Waals surface area contributed by atoms with Gasteiger partial charge in [0, 0.05) is 24.4 Å². The largest absolute Gasteiger partial charge is 0.493 e. The zero-order valence-electron chi connectivity index (χ0n) is 12.9. The van der Waals surface area contributed by atoms with Gasteiger partial charge in [-0.15, -0.1) is 6.42 Å².